The number of fused-ring (bicyclic) bond motifs is 2. The molecule has 1 aliphatic carbocycles. The molecule has 4 rings (SSSR count). The fourth-order valence-electron chi connectivity index (χ4n) is 3.53. The van der Waals surface area contributed by atoms with Crippen LogP contribution in [0.5, 0.6) is 0 Å². The molecule has 1 heterocycles. The van der Waals surface area contributed by atoms with Gasteiger partial charge in [0, 0.05) is 19.1 Å². The van der Waals surface area contributed by atoms with Gasteiger partial charge in [-0.2, -0.15) is 0 Å². The SMILES string of the molecule is O=C(NCC(O)CNC1Cc2ccccc2C1)c1cccc2[nH]cnc12. The Kier molecular flexibility index (Phi) is 4.69. The Labute approximate surface area is 151 Å². The van der Waals surface area contributed by atoms with E-state index in [0.717, 1.165) is 18.4 Å². The number of carbonyl (C=O) groups is 1. The third-order valence-electron chi connectivity index (χ3n) is 4.89. The number of nitrogens with one attached hydrogen (secondary N) is 3. The fourth-order valence-corrected chi connectivity index (χ4v) is 3.53. The standard InChI is InChI=1S/C20H22N4O2/c25-16(10-21-15-8-13-4-1-2-5-14(13)9-15)11-22-20(26)17-6-3-7-18-19(17)24-12-23-18/h1-7,12,15-16,21,25H,8-11H2,(H,22,26)(H,23,24). The maximum Gasteiger partial charge on any atom is 0.253 e. The lowest BCUT2D eigenvalue weighted by Gasteiger charge is -2.17. The van der Waals surface area contributed by atoms with Gasteiger partial charge in [-0.25, -0.2) is 4.98 Å². The summed E-state index contributed by atoms with van der Waals surface area (Å²) in [6, 6.07) is 14.2. The normalized spacial score (nSPS) is 15.1. The second kappa shape index (κ2) is 7.27. The van der Waals surface area contributed by atoms with E-state index >= 15 is 0 Å². The molecular formula is C20H22N4O2. The summed E-state index contributed by atoms with van der Waals surface area (Å²) >= 11 is 0. The molecule has 6 heteroatoms. The number of amides is 1. The Morgan fingerprint density at radius 2 is 1.92 bits per heavy atom. The van der Waals surface area contributed by atoms with Crippen LogP contribution in [0.3, 0.4) is 0 Å². The highest BCUT2D eigenvalue weighted by Gasteiger charge is 2.21. The number of carbonyl (C=O) groups excluding carboxylic acids is 1. The monoisotopic (exact) mass is 350 g/mol. The summed E-state index contributed by atoms with van der Waals surface area (Å²) in [5.41, 5.74) is 4.72. The van der Waals surface area contributed by atoms with Crippen molar-refractivity contribution in [3.05, 3.63) is 65.5 Å². The first-order valence-electron chi connectivity index (χ1n) is 8.89. The van der Waals surface area contributed by atoms with Gasteiger partial charge in [0.05, 0.1) is 23.5 Å². The zero-order valence-electron chi connectivity index (χ0n) is 14.4. The van der Waals surface area contributed by atoms with E-state index in [4.69, 9.17) is 0 Å². The van der Waals surface area contributed by atoms with Gasteiger partial charge in [-0.15, -0.1) is 0 Å². The fraction of sp³-hybridized carbons (Fsp3) is 0.300. The van der Waals surface area contributed by atoms with Gasteiger partial charge in [0.1, 0.15) is 5.52 Å². The molecule has 0 aliphatic heterocycles. The molecule has 4 N–H and O–H groups in total. The minimum absolute atomic E-state index is 0.201. The van der Waals surface area contributed by atoms with Crippen LogP contribution >= 0.6 is 0 Å². The molecule has 26 heavy (non-hydrogen) atoms. The summed E-state index contributed by atoms with van der Waals surface area (Å²) in [4.78, 5) is 19.5. The lowest BCUT2D eigenvalue weighted by atomic mass is 10.1. The van der Waals surface area contributed by atoms with E-state index in [1.54, 1.807) is 12.4 Å². The highest BCUT2D eigenvalue weighted by molar-refractivity contribution is 6.04. The lowest BCUT2D eigenvalue weighted by molar-refractivity contribution is 0.0915. The number of aliphatic hydroxyl groups excluding tert-OH is 1. The summed E-state index contributed by atoms with van der Waals surface area (Å²) in [5, 5.41) is 16.4. The van der Waals surface area contributed by atoms with E-state index in [1.165, 1.54) is 11.1 Å². The smallest absolute Gasteiger partial charge is 0.253 e. The predicted molar refractivity (Wildman–Crippen MR) is 100 cm³/mol. The quantitative estimate of drug-likeness (QED) is 0.541. The molecule has 0 fully saturated rings. The predicted octanol–water partition coefficient (Wildman–Crippen LogP) is 1.41. The first-order valence-corrected chi connectivity index (χ1v) is 8.89. The minimum atomic E-state index is -0.638. The number of hydrogen-bond donors (Lipinski definition) is 4. The zero-order chi connectivity index (χ0) is 17.9. The van der Waals surface area contributed by atoms with Crippen LogP contribution in [-0.4, -0.2) is 46.2 Å². The van der Waals surface area contributed by atoms with Gasteiger partial charge in [0.25, 0.3) is 5.91 Å². The Morgan fingerprint density at radius 1 is 1.15 bits per heavy atom. The molecule has 6 nitrogen and oxygen atoms in total. The van der Waals surface area contributed by atoms with Crippen molar-refractivity contribution in [1.82, 2.24) is 20.6 Å². The Morgan fingerprint density at radius 3 is 2.69 bits per heavy atom. The average molecular weight is 350 g/mol. The highest BCUT2D eigenvalue weighted by Crippen LogP contribution is 2.21. The number of aromatic amines is 1. The Hall–Kier alpha value is -2.70. The van der Waals surface area contributed by atoms with Crippen molar-refractivity contribution in [2.75, 3.05) is 13.1 Å². The lowest BCUT2D eigenvalue weighted by Crippen LogP contribution is -2.41. The van der Waals surface area contributed by atoms with Crippen molar-refractivity contribution in [1.29, 1.82) is 0 Å². The summed E-state index contributed by atoms with van der Waals surface area (Å²) < 4.78 is 0. The van der Waals surface area contributed by atoms with E-state index < -0.39 is 6.10 Å². The van der Waals surface area contributed by atoms with Crippen LogP contribution in [0.2, 0.25) is 0 Å². The number of para-hydroxylation sites is 1. The highest BCUT2D eigenvalue weighted by atomic mass is 16.3. The van der Waals surface area contributed by atoms with Crippen molar-refractivity contribution in [2.24, 2.45) is 0 Å². The van der Waals surface area contributed by atoms with E-state index in [0.29, 0.717) is 23.7 Å². The van der Waals surface area contributed by atoms with Crippen molar-refractivity contribution < 1.29 is 9.90 Å². The molecule has 1 aliphatic rings. The van der Waals surface area contributed by atoms with Crippen LogP contribution < -0.4 is 10.6 Å². The number of hydrogen-bond acceptors (Lipinski definition) is 4. The maximum absolute atomic E-state index is 12.4. The average Bonchev–Trinajstić information content (AvgIpc) is 3.30. The number of nitrogens with zero attached hydrogens (tertiary/aromatic N) is 1. The molecule has 0 bridgehead atoms. The third-order valence-corrected chi connectivity index (χ3v) is 4.89. The van der Waals surface area contributed by atoms with Crippen LogP contribution in [0.4, 0.5) is 0 Å². The van der Waals surface area contributed by atoms with Gasteiger partial charge in [-0.1, -0.05) is 30.3 Å². The second-order valence-electron chi connectivity index (χ2n) is 6.75. The number of imidazole rings is 1. The second-order valence-corrected chi connectivity index (χ2v) is 6.75. The van der Waals surface area contributed by atoms with Gasteiger partial charge in [0.2, 0.25) is 0 Å². The van der Waals surface area contributed by atoms with E-state index in [9.17, 15) is 9.90 Å². The Balaban J connectivity index is 1.26. The number of H-pyrrole nitrogens is 1. The van der Waals surface area contributed by atoms with Crippen molar-refractivity contribution in [3.63, 3.8) is 0 Å². The van der Waals surface area contributed by atoms with E-state index in [1.807, 2.05) is 12.1 Å². The molecule has 2 aromatic carbocycles. The van der Waals surface area contributed by atoms with Gasteiger partial charge < -0.3 is 20.7 Å². The van der Waals surface area contributed by atoms with Crippen LogP contribution in [0.25, 0.3) is 11.0 Å². The molecule has 1 unspecified atom stereocenters. The molecular weight excluding hydrogens is 328 g/mol. The number of aliphatic hydroxyl groups is 1. The van der Waals surface area contributed by atoms with E-state index in [-0.39, 0.29) is 12.5 Å². The van der Waals surface area contributed by atoms with Crippen LogP contribution in [0, 0.1) is 0 Å². The topological polar surface area (TPSA) is 90.0 Å². The first-order chi connectivity index (χ1) is 12.7. The van der Waals surface area contributed by atoms with Crippen LogP contribution in [-0.2, 0) is 12.8 Å². The molecule has 1 aromatic heterocycles. The molecule has 0 saturated heterocycles. The largest absolute Gasteiger partial charge is 0.390 e. The molecule has 1 amide bonds. The van der Waals surface area contributed by atoms with Gasteiger partial charge in [-0.05, 0) is 36.1 Å². The molecule has 1 atom stereocenters. The van der Waals surface area contributed by atoms with Crippen LogP contribution in [0.1, 0.15) is 21.5 Å². The number of rotatable bonds is 6. The molecule has 0 saturated carbocycles. The minimum Gasteiger partial charge on any atom is -0.390 e. The van der Waals surface area contributed by atoms with Crippen LogP contribution in [0.15, 0.2) is 48.8 Å². The third kappa shape index (κ3) is 3.47. The molecule has 0 radical (unpaired) electrons. The van der Waals surface area contributed by atoms with Crippen molar-refractivity contribution in [3.8, 4) is 0 Å². The summed E-state index contributed by atoms with van der Waals surface area (Å²) in [7, 11) is 0. The zero-order valence-corrected chi connectivity index (χ0v) is 14.4. The van der Waals surface area contributed by atoms with Crippen molar-refractivity contribution in [2.45, 2.75) is 25.0 Å². The van der Waals surface area contributed by atoms with Gasteiger partial charge >= 0.3 is 0 Å². The van der Waals surface area contributed by atoms with Gasteiger partial charge in [0.15, 0.2) is 0 Å². The molecule has 134 valence electrons. The maximum atomic E-state index is 12.4. The summed E-state index contributed by atoms with van der Waals surface area (Å²) in [6.45, 7) is 0.651. The number of aromatic nitrogens is 2. The summed E-state index contributed by atoms with van der Waals surface area (Å²) in [5.74, 6) is -0.227. The van der Waals surface area contributed by atoms with Crippen molar-refractivity contribution >= 4 is 16.9 Å². The first kappa shape index (κ1) is 16.8. The number of benzene rings is 2. The van der Waals surface area contributed by atoms with Gasteiger partial charge in [-0.3, -0.25) is 4.79 Å². The van der Waals surface area contributed by atoms with E-state index in [2.05, 4.69) is 44.9 Å². The summed E-state index contributed by atoms with van der Waals surface area (Å²) in [6.07, 6.45) is 2.90. The molecule has 0 spiro atoms. The molecule has 3 aromatic rings. The Bertz CT molecular complexity index is 896.